The Morgan fingerprint density at radius 2 is 1.83 bits per heavy atom. The zero-order valence-electron chi connectivity index (χ0n) is 13.6. The van der Waals surface area contributed by atoms with Gasteiger partial charge in [-0.15, -0.1) is 0 Å². The van der Waals surface area contributed by atoms with Gasteiger partial charge in [-0.25, -0.2) is 0 Å². The van der Waals surface area contributed by atoms with Gasteiger partial charge >= 0.3 is 6.18 Å². The van der Waals surface area contributed by atoms with Crippen molar-refractivity contribution in [1.82, 2.24) is 9.88 Å². The zero-order valence-corrected chi connectivity index (χ0v) is 14.3. The molecule has 0 saturated carbocycles. The first-order valence-electron chi connectivity index (χ1n) is 7.98. The van der Waals surface area contributed by atoms with Gasteiger partial charge in [0.25, 0.3) is 0 Å². The molecule has 3 nitrogen and oxygen atoms in total. The van der Waals surface area contributed by atoms with E-state index in [-0.39, 0.29) is 12.1 Å². The summed E-state index contributed by atoms with van der Waals surface area (Å²) in [7, 11) is 0. The van der Waals surface area contributed by atoms with Crippen LogP contribution in [0, 0.1) is 11.3 Å². The van der Waals surface area contributed by atoms with Gasteiger partial charge in [0.2, 0.25) is 0 Å². The molecule has 1 aromatic heterocycles. The van der Waals surface area contributed by atoms with E-state index in [1.807, 2.05) is 0 Å². The average molecular weight is 358 g/mol. The first-order chi connectivity index (χ1) is 11.1. The molecule has 2 fully saturated rings. The Labute approximate surface area is 144 Å². The number of fused-ring (bicyclic) bond motifs is 2. The molecular weight excluding hydrogens is 339 g/mol. The van der Waals surface area contributed by atoms with Crippen molar-refractivity contribution in [2.75, 3.05) is 0 Å². The monoisotopic (exact) mass is 357 g/mol. The molecule has 0 amide bonds. The van der Waals surface area contributed by atoms with E-state index in [4.69, 9.17) is 11.6 Å². The van der Waals surface area contributed by atoms with Gasteiger partial charge in [0.15, 0.2) is 0 Å². The molecule has 2 aliphatic rings. The van der Waals surface area contributed by atoms with Crippen LogP contribution in [0.25, 0.3) is 0 Å². The fourth-order valence-corrected chi connectivity index (χ4v) is 4.55. The summed E-state index contributed by atoms with van der Waals surface area (Å²) >= 11 is 6.00. The Morgan fingerprint density at radius 1 is 1.25 bits per heavy atom. The second-order valence-corrected chi connectivity index (χ2v) is 7.78. The quantitative estimate of drug-likeness (QED) is 0.784. The van der Waals surface area contributed by atoms with E-state index in [2.05, 4.69) is 11.1 Å². The lowest BCUT2D eigenvalue weighted by molar-refractivity contribution is -0.234. The number of hydrogen-bond acceptors (Lipinski definition) is 3. The summed E-state index contributed by atoms with van der Waals surface area (Å²) in [5.74, 6) is 0. The van der Waals surface area contributed by atoms with E-state index in [9.17, 15) is 18.4 Å². The minimum absolute atomic E-state index is 0.265. The van der Waals surface area contributed by atoms with E-state index in [1.165, 1.54) is 20.0 Å². The zero-order chi connectivity index (χ0) is 17.8. The molecule has 0 aliphatic carbocycles. The van der Waals surface area contributed by atoms with Crippen molar-refractivity contribution in [2.45, 2.75) is 68.7 Å². The van der Waals surface area contributed by atoms with E-state index < -0.39 is 17.1 Å². The number of halogens is 4. The van der Waals surface area contributed by atoms with Gasteiger partial charge in [-0.05, 0) is 51.2 Å². The van der Waals surface area contributed by atoms with Crippen LogP contribution >= 0.6 is 11.6 Å². The third-order valence-electron chi connectivity index (χ3n) is 5.60. The molecule has 3 rings (SSSR count). The number of pyridine rings is 1. The van der Waals surface area contributed by atoms with Gasteiger partial charge in [0.1, 0.15) is 5.54 Å². The summed E-state index contributed by atoms with van der Waals surface area (Å²) in [4.78, 5) is 5.64. The highest BCUT2D eigenvalue weighted by atomic mass is 35.5. The molecule has 2 aliphatic heterocycles. The Morgan fingerprint density at radius 3 is 2.29 bits per heavy atom. The molecule has 3 heterocycles. The van der Waals surface area contributed by atoms with Gasteiger partial charge in [0.05, 0.1) is 16.5 Å². The molecule has 24 heavy (non-hydrogen) atoms. The third-order valence-corrected chi connectivity index (χ3v) is 5.81. The second kappa shape index (κ2) is 5.60. The molecule has 2 atom stereocenters. The summed E-state index contributed by atoms with van der Waals surface area (Å²) in [6.07, 6.45) is 0.913. The van der Waals surface area contributed by atoms with Gasteiger partial charge in [0, 0.05) is 24.5 Å². The van der Waals surface area contributed by atoms with Crippen molar-refractivity contribution in [3.05, 3.63) is 29.0 Å². The van der Waals surface area contributed by atoms with E-state index >= 15 is 0 Å². The summed E-state index contributed by atoms with van der Waals surface area (Å²) in [5.41, 5.74) is -2.01. The SMILES string of the molecule is CC(C)(N1C2CCC1CC(C#N)(c1cncc(Cl)c1)C2)C(F)(F)F. The van der Waals surface area contributed by atoms with Gasteiger partial charge in [-0.2, -0.15) is 18.4 Å². The van der Waals surface area contributed by atoms with Crippen molar-refractivity contribution in [1.29, 1.82) is 5.26 Å². The molecule has 0 radical (unpaired) electrons. The highest BCUT2D eigenvalue weighted by molar-refractivity contribution is 6.30. The molecular formula is C17H19ClF3N3. The summed E-state index contributed by atoms with van der Waals surface area (Å²) in [6.45, 7) is 2.47. The second-order valence-electron chi connectivity index (χ2n) is 7.34. The van der Waals surface area contributed by atoms with E-state index in [1.54, 1.807) is 17.2 Å². The van der Waals surface area contributed by atoms with Crippen molar-refractivity contribution in [2.24, 2.45) is 0 Å². The minimum Gasteiger partial charge on any atom is -0.284 e. The Hall–Kier alpha value is -1.32. The number of piperidine rings is 1. The van der Waals surface area contributed by atoms with Crippen LogP contribution in [0.2, 0.25) is 5.02 Å². The lowest BCUT2D eigenvalue weighted by atomic mass is 9.70. The fraction of sp³-hybridized carbons (Fsp3) is 0.647. The molecule has 130 valence electrons. The number of alkyl halides is 3. The van der Waals surface area contributed by atoms with Crippen LogP contribution < -0.4 is 0 Å². The van der Waals surface area contributed by atoms with Gasteiger partial charge < -0.3 is 0 Å². The molecule has 2 saturated heterocycles. The number of nitrogens with zero attached hydrogens (tertiary/aromatic N) is 3. The number of rotatable bonds is 2. The van der Waals surface area contributed by atoms with Crippen molar-refractivity contribution >= 4 is 11.6 Å². The Kier molecular flexibility index (Phi) is 4.09. The summed E-state index contributed by atoms with van der Waals surface area (Å²) in [5, 5.41) is 10.3. The maximum absolute atomic E-state index is 13.5. The lowest BCUT2D eigenvalue weighted by Gasteiger charge is -2.50. The van der Waals surface area contributed by atoms with Crippen LogP contribution in [0.1, 0.15) is 45.1 Å². The predicted molar refractivity (Wildman–Crippen MR) is 84.6 cm³/mol. The largest absolute Gasteiger partial charge is 0.406 e. The molecule has 0 N–H and O–H groups in total. The first-order valence-corrected chi connectivity index (χ1v) is 8.36. The van der Waals surface area contributed by atoms with Crippen molar-refractivity contribution < 1.29 is 13.2 Å². The van der Waals surface area contributed by atoms with E-state index in [0.717, 1.165) is 0 Å². The molecule has 2 bridgehead atoms. The number of aromatic nitrogens is 1. The first kappa shape index (κ1) is 17.5. The third kappa shape index (κ3) is 2.58. The van der Waals surface area contributed by atoms with Gasteiger partial charge in [-0.1, -0.05) is 11.6 Å². The highest BCUT2D eigenvalue weighted by Gasteiger charge is 2.60. The molecule has 2 unspecified atom stereocenters. The molecule has 0 aromatic carbocycles. The van der Waals surface area contributed by atoms with E-state index in [0.29, 0.717) is 36.3 Å². The standard InChI is InChI=1S/C17H19ClF3N3/c1-15(2,17(19,20)21)24-13-3-4-14(24)7-16(6-13,10-22)11-5-12(18)9-23-8-11/h5,8-9,13-14H,3-4,6-7H2,1-2H3. The smallest absolute Gasteiger partial charge is 0.284 e. The number of hydrogen-bond donors (Lipinski definition) is 0. The predicted octanol–water partition coefficient (Wildman–Crippen LogP) is 4.46. The molecule has 7 heteroatoms. The maximum Gasteiger partial charge on any atom is 0.406 e. The van der Waals surface area contributed by atoms with Crippen LogP contribution in [0.3, 0.4) is 0 Å². The number of nitriles is 1. The van der Waals surface area contributed by atoms with Crippen LogP contribution in [0.15, 0.2) is 18.5 Å². The normalized spacial score (nSPS) is 31.0. The van der Waals surface area contributed by atoms with Crippen molar-refractivity contribution in [3.63, 3.8) is 0 Å². The van der Waals surface area contributed by atoms with Crippen LogP contribution in [-0.4, -0.2) is 33.7 Å². The minimum atomic E-state index is -4.31. The van der Waals surface area contributed by atoms with Gasteiger partial charge in [-0.3, -0.25) is 9.88 Å². The maximum atomic E-state index is 13.5. The average Bonchev–Trinajstić information content (AvgIpc) is 2.78. The summed E-state index contributed by atoms with van der Waals surface area (Å²) < 4.78 is 40.5. The van der Waals surface area contributed by atoms with Crippen LogP contribution in [0.5, 0.6) is 0 Å². The van der Waals surface area contributed by atoms with Crippen LogP contribution in [0.4, 0.5) is 13.2 Å². The highest BCUT2D eigenvalue weighted by Crippen LogP contribution is 2.52. The molecule has 0 spiro atoms. The Bertz CT molecular complexity index is 666. The Balaban J connectivity index is 1.96. The lowest BCUT2D eigenvalue weighted by Crippen LogP contribution is -2.63. The molecule has 1 aromatic rings. The van der Waals surface area contributed by atoms with Crippen molar-refractivity contribution in [3.8, 4) is 6.07 Å². The topological polar surface area (TPSA) is 39.9 Å². The van der Waals surface area contributed by atoms with Crippen LogP contribution in [-0.2, 0) is 5.41 Å². The fourth-order valence-electron chi connectivity index (χ4n) is 4.37. The summed E-state index contributed by atoms with van der Waals surface area (Å²) in [6, 6.07) is 3.55.